The zero-order valence-corrected chi connectivity index (χ0v) is 7.29. The minimum Gasteiger partial charge on any atom is -0.340 e. The van der Waals surface area contributed by atoms with Crippen molar-refractivity contribution in [3.63, 3.8) is 0 Å². The molecule has 56 valence electrons. The SMILES string of the molecule is SCCCSc1ncc[nH]1. The molecule has 0 atom stereocenters. The van der Waals surface area contributed by atoms with E-state index in [1.165, 1.54) is 0 Å². The van der Waals surface area contributed by atoms with Gasteiger partial charge in [-0.15, -0.1) is 0 Å². The number of rotatable bonds is 4. The molecule has 1 aromatic rings. The van der Waals surface area contributed by atoms with E-state index < -0.39 is 0 Å². The summed E-state index contributed by atoms with van der Waals surface area (Å²) >= 11 is 5.84. The maximum Gasteiger partial charge on any atom is 0.165 e. The highest BCUT2D eigenvalue weighted by Crippen LogP contribution is 2.12. The summed E-state index contributed by atoms with van der Waals surface area (Å²) in [5, 5.41) is 1.00. The summed E-state index contributed by atoms with van der Waals surface area (Å²) in [6.07, 6.45) is 4.74. The predicted molar refractivity (Wildman–Crippen MR) is 47.8 cm³/mol. The van der Waals surface area contributed by atoms with Crippen LogP contribution in [0.15, 0.2) is 17.6 Å². The van der Waals surface area contributed by atoms with E-state index in [1.54, 1.807) is 18.0 Å². The van der Waals surface area contributed by atoms with E-state index in [0.29, 0.717) is 0 Å². The van der Waals surface area contributed by atoms with E-state index in [-0.39, 0.29) is 0 Å². The van der Waals surface area contributed by atoms with Crippen molar-refractivity contribution in [1.82, 2.24) is 9.97 Å². The molecule has 0 spiro atoms. The van der Waals surface area contributed by atoms with Crippen molar-refractivity contribution in [2.75, 3.05) is 11.5 Å². The maximum absolute atomic E-state index is 4.11. The molecule has 0 saturated carbocycles. The lowest BCUT2D eigenvalue weighted by Crippen LogP contribution is -1.81. The van der Waals surface area contributed by atoms with Gasteiger partial charge in [0.15, 0.2) is 5.16 Å². The minimum absolute atomic E-state index is 0.952. The molecule has 0 aliphatic carbocycles. The summed E-state index contributed by atoms with van der Waals surface area (Å²) in [5.41, 5.74) is 0. The molecular formula is C6H10N2S2. The Morgan fingerprint density at radius 2 is 2.60 bits per heavy atom. The highest BCUT2D eigenvalue weighted by molar-refractivity contribution is 7.99. The van der Waals surface area contributed by atoms with Crippen LogP contribution in [0.2, 0.25) is 0 Å². The van der Waals surface area contributed by atoms with E-state index in [9.17, 15) is 0 Å². The highest BCUT2D eigenvalue weighted by Gasteiger charge is 1.92. The smallest absolute Gasteiger partial charge is 0.165 e. The Morgan fingerprint density at radius 3 is 3.20 bits per heavy atom. The van der Waals surface area contributed by atoms with Crippen LogP contribution in [0.3, 0.4) is 0 Å². The largest absolute Gasteiger partial charge is 0.340 e. The van der Waals surface area contributed by atoms with Gasteiger partial charge in [0.25, 0.3) is 0 Å². The van der Waals surface area contributed by atoms with Crippen molar-refractivity contribution in [2.24, 2.45) is 0 Å². The molecule has 10 heavy (non-hydrogen) atoms. The molecule has 1 aromatic heterocycles. The van der Waals surface area contributed by atoms with Crippen LogP contribution in [0.4, 0.5) is 0 Å². The second-order valence-electron chi connectivity index (χ2n) is 1.82. The number of nitrogens with one attached hydrogen (secondary N) is 1. The van der Waals surface area contributed by atoms with Crippen molar-refractivity contribution in [1.29, 1.82) is 0 Å². The van der Waals surface area contributed by atoms with Gasteiger partial charge in [-0.1, -0.05) is 11.8 Å². The van der Waals surface area contributed by atoms with Crippen molar-refractivity contribution in [3.8, 4) is 0 Å². The fraction of sp³-hybridized carbons (Fsp3) is 0.500. The average molecular weight is 174 g/mol. The lowest BCUT2D eigenvalue weighted by molar-refractivity contribution is 1.04. The van der Waals surface area contributed by atoms with Crippen molar-refractivity contribution in [3.05, 3.63) is 12.4 Å². The van der Waals surface area contributed by atoms with Crippen LogP contribution >= 0.6 is 24.4 Å². The van der Waals surface area contributed by atoms with E-state index in [4.69, 9.17) is 0 Å². The second kappa shape index (κ2) is 4.68. The van der Waals surface area contributed by atoms with E-state index in [0.717, 1.165) is 23.1 Å². The average Bonchev–Trinajstić information content (AvgIpc) is 2.41. The Morgan fingerprint density at radius 1 is 1.70 bits per heavy atom. The van der Waals surface area contributed by atoms with Crippen LogP contribution in [0.5, 0.6) is 0 Å². The van der Waals surface area contributed by atoms with Gasteiger partial charge < -0.3 is 4.98 Å². The molecule has 0 saturated heterocycles. The quantitative estimate of drug-likeness (QED) is 0.414. The summed E-state index contributed by atoms with van der Waals surface area (Å²) in [5.74, 6) is 2.05. The first kappa shape index (κ1) is 8.01. The molecule has 1 rings (SSSR count). The van der Waals surface area contributed by atoms with Gasteiger partial charge in [-0.25, -0.2) is 4.98 Å². The summed E-state index contributed by atoms with van der Waals surface area (Å²) < 4.78 is 0. The number of aromatic nitrogens is 2. The number of hydrogen-bond acceptors (Lipinski definition) is 3. The monoisotopic (exact) mass is 174 g/mol. The Balaban J connectivity index is 2.15. The number of H-pyrrole nitrogens is 1. The number of nitrogens with zero attached hydrogens (tertiary/aromatic N) is 1. The summed E-state index contributed by atoms with van der Waals surface area (Å²) in [7, 11) is 0. The maximum atomic E-state index is 4.11. The summed E-state index contributed by atoms with van der Waals surface area (Å²) in [4.78, 5) is 7.09. The standard InChI is InChI=1S/C6H10N2S2/c9-4-1-5-10-6-7-2-3-8-6/h2-3,9H,1,4-5H2,(H,7,8). The van der Waals surface area contributed by atoms with E-state index >= 15 is 0 Å². The first-order chi connectivity index (χ1) is 4.93. The highest BCUT2D eigenvalue weighted by atomic mass is 32.2. The van der Waals surface area contributed by atoms with Crippen LogP contribution in [-0.4, -0.2) is 21.5 Å². The zero-order valence-electron chi connectivity index (χ0n) is 5.58. The number of hydrogen-bond donors (Lipinski definition) is 2. The molecule has 0 radical (unpaired) electrons. The van der Waals surface area contributed by atoms with Gasteiger partial charge in [-0.05, 0) is 12.2 Å². The van der Waals surface area contributed by atoms with Crippen LogP contribution < -0.4 is 0 Å². The minimum atomic E-state index is 0.952. The van der Waals surface area contributed by atoms with Gasteiger partial charge in [-0.2, -0.15) is 12.6 Å². The number of imidazole rings is 1. The van der Waals surface area contributed by atoms with Crippen molar-refractivity contribution < 1.29 is 0 Å². The van der Waals surface area contributed by atoms with Crippen LogP contribution in [0, 0.1) is 0 Å². The third kappa shape index (κ3) is 2.66. The van der Waals surface area contributed by atoms with Gasteiger partial charge in [0.2, 0.25) is 0 Å². The van der Waals surface area contributed by atoms with Crippen LogP contribution in [0.1, 0.15) is 6.42 Å². The molecule has 0 unspecified atom stereocenters. The normalized spacial score (nSPS) is 10.1. The molecule has 2 nitrogen and oxygen atoms in total. The van der Waals surface area contributed by atoms with Gasteiger partial charge in [0.1, 0.15) is 0 Å². The first-order valence-electron chi connectivity index (χ1n) is 3.16. The van der Waals surface area contributed by atoms with Gasteiger partial charge in [-0.3, -0.25) is 0 Å². The zero-order chi connectivity index (χ0) is 7.23. The van der Waals surface area contributed by atoms with Gasteiger partial charge >= 0.3 is 0 Å². The van der Waals surface area contributed by atoms with Gasteiger partial charge in [0.05, 0.1) is 0 Å². The third-order valence-electron chi connectivity index (χ3n) is 1.01. The summed E-state index contributed by atoms with van der Waals surface area (Å²) in [6, 6.07) is 0. The van der Waals surface area contributed by atoms with Crippen LogP contribution in [0.25, 0.3) is 0 Å². The first-order valence-corrected chi connectivity index (χ1v) is 4.78. The lowest BCUT2D eigenvalue weighted by Gasteiger charge is -1.92. The molecule has 0 fully saturated rings. The molecule has 0 aliphatic heterocycles. The third-order valence-corrected chi connectivity index (χ3v) is 2.32. The molecule has 4 heteroatoms. The summed E-state index contributed by atoms with van der Waals surface area (Å²) in [6.45, 7) is 0. The molecule has 0 amide bonds. The van der Waals surface area contributed by atoms with E-state index in [2.05, 4.69) is 22.6 Å². The molecule has 0 bridgehead atoms. The van der Waals surface area contributed by atoms with E-state index in [1.807, 2.05) is 6.20 Å². The molecule has 1 N–H and O–H groups in total. The topological polar surface area (TPSA) is 28.7 Å². The van der Waals surface area contributed by atoms with Crippen LogP contribution in [-0.2, 0) is 0 Å². The Bertz CT molecular complexity index is 162. The second-order valence-corrected chi connectivity index (χ2v) is 3.35. The number of thioether (sulfide) groups is 1. The van der Waals surface area contributed by atoms with Gasteiger partial charge in [0, 0.05) is 18.1 Å². The predicted octanol–water partition coefficient (Wildman–Crippen LogP) is 1.82. The molecule has 1 heterocycles. The Labute approximate surface area is 70.2 Å². The Kier molecular flexibility index (Phi) is 3.75. The fourth-order valence-corrected chi connectivity index (χ4v) is 1.70. The molecule has 0 aromatic carbocycles. The van der Waals surface area contributed by atoms with Crippen molar-refractivity contribution in [2.45, 2.75) is 11.6 Å². The molecular weight excluding hydrogens is 164 g/mol. The number of aromatic amines is 1. The Hall–Kier alpha value is -0.0900. The van der Waals surface area contributed by atoms with Crippen molar-refractivity contribution >= 4 is 24.4 Å². The number of thiol groups is 1. The lowest BCUT2D eigenvalue weighted by atomic mass is 10.6. The fourth-order valence-electron chi connectivity index (χ4n) is 0.563. The molecule has 0 aliphatic rings.